The highest BCUT2D eigenvalue weighted by Crippen LogP contribution is 2.50. The predicted molar refractivity (Wildman–Crippen MR) is 186 cm³/mol. The van der Waals surface area contributed by atoms with E-state index in [1.54, 1.807) is 24.3 Å². The van der Waals surface area contributed by atoms with Crippen LogP contribution in [0, 0.1) is 17.8 Å². The van der Waals surface area contributed by atoms with Crippen LogP contribution in [-0.2, 0) is 30.9 Å². The molecule has 0 unspecified atom stereocenters. The Morgan fingerprint density at radius 2 is 1.74 bits per heavy atom. The van der Waals surface area contributed by atoms with Gasteiger partial charge in [-0.05, 0) is 114 Å². The highest BCUT2D eigenvalue weighted by molar-refractivity contribution is 5.96. The summed E-state index contributed by atoms with van der Waals surface area (Å²) < 4.78 is 52.6. The monoisotopic (exact) mass is 686 g/mol. The number of aromatic nitrogens is 1. The molecule has 2 saturated carbocycles. The van der Waals surface area contributed by atoms with Gasteiger partial charge in [-0.1, -0.05) is 36.1 Å². The highest BCUT2D eigenvalue weighted by Gasteiger charge is 2.53. The Bertz CT molecular complexity index is 1750. The fourth-order valence-corrected chi connectivity index (χ4v) is 6.74. The second-order valence-corrected chi connectivity index (χ2v) is 14.5. The quantitative estimate of drug-likeness (QED) is 0.142. The van der Waals surface area contributed by atoms with E-state index in [0.29, 0.717) is 67.2 Å². The number of esters is 2. The molecule has 2 heterocycles. The lowest BCUT2D eigenvalue weighted by molar-refractivity contribution is -0.155. The number of rotatable bonds is 10. The highest BCUT2D eigenvalue weighted by atomic mass is 19.4. The van der Waals surface area contributed by atoms with Crippen molar-refractivity contribution in [2.45, 2.75) is 115 Å². The molecule has 50 heavy (non-hydrogen) atoms. The van der Waals surface area contributed by atoms with Crippen molar-refractivity contribution in [1.82, 2.24) is 4.98 Å². The van der Waals surface area contributed by atoms with E-state index in [0.717, 1.165) is 49.6 Å². The summed E-state index contributed by atoms with van der Waals surface area (Å²) in [6.07, 6.45) is 8.17. The van der Waals surface area contributed by atoms with Gasteiger partial charge in [0, 0.05) is 47.8 Å². The number of allylic oxidation sites excluding steroid dienone is 2. The number of alkyl halides is 3. The predicted octanol–water partition coefficient (Wildman–Crippen LogP) is 9.04. The Balaban J connectivity index is 1.16. The number of carbonyl (C=O) groups is 2. The number of pyridine rings is 1. The van der Waals surface area contributed by atoms with E-state index < -0.39 is 22.8 Å². The molecule has 2 fully saturated rings. The van der Waals surface area contributed by atoms with Crippen LogP contribution in [-0.4, -0.2) is 41.5 Å². The van der Waals surface area contributed by atoms with Gasteiger partial charge in [-0.2, -0.15) is 13.2 Å². The summed E-state index contributed by atoms with van der Waals surface area (Å²) in [5.41, 5.74) is 4.02. The SMILES string of the molecule is COC(=O)C1(c2ccccc2C#CC2=C=CC(CCCc3ccc(C4CCC(CCC(=O)OC(C)(C)C)CC4)nc3)=NC=C2C(F)(F)F)CC1. The maximum atomic E-state index is 14.1. The van der Waals surface area contributed by atoms with Gasteiger partial charge in [0.15, 0.2) is 0 Å². The number of hydrogen-bond donors (Lipinski definition) is 0. The number of methoxy groups -OCH3 is 1. The molecular formula is C41H45F3N2O4. The maximum absolute atomic E-state index is 14.1. The van der Waals surface area contributed by atoms with Crippen LogP contribution in [0.4, 0.5) is 13.2 Å². The number of aliphatic imine (C=N–C) groups is 1. The van der Waals surface area contributed by atoms with Gasteiger partial charge in [0.05, 0.1) is 23.7 Å². The number of hydrogen-bond acceptors (Lipinski definition) is 6. The van der Waals surface area contributed by atoms with E-state index >= 15 is 0 Å². The van der Waals surface area contributed by atoms with Crippen molar-refractivity contribution < 1.29 is 32.2 Å². The largest absolute Gasteiger partial charge is 0.468 e. The van der Waals surface area contributed by atoms with E-state index in [-0.39, 0.29) is 17.5 Å². The lowest BCUT2D eigenvalue weighted by atomic mass is 9.78. The number of aryl methyl sites for hydroxylation is 1. The number of ether oxygens (including phenoxy) is 2. The summed E-state index contributed by atoms with van der Waals surface area (Å²) in [4.78, 5) is 33.5. The Labute approximate surface area is 293 Å². The summed E-state index contributed by atoms with van der Waals surface area (Å²) in [5.74, 6) is 5.98. The van der Waals surface area contributed by atoms with Gasteiger partial charge in [0.2, 0.25) is 0 Å². The molecule has 0 radical (unpaired) electrons. The average Bonchev–Trinajstić information content (AvgIpc) is 3.91. The summed E-state index contributed by atoms with van der Waals surface area (Å²) in [7, 11) is 1.33. The smallest absolute Gasteiger partial charge is 0.419 e. The molecule has 6 nitrogen and oxygen atoms in total. The molecule has 1 aromatic carbocycles. The van der Waals surface area contributed by atoms with Gasteiger partial charge in [-0.15, -0.1) is 5.73 Å². The van der Waals surface area contributed by atoms with Crippen molar-refractivity contribution in [3.8, 4) is 11.8 Å². The lowest BCUT2D eigenvalue weighted by Gasteiger charge is -2.28. The fourth-order valence-electron chi connectivity index (χ4n) is 6.74. The van der Waals surface area contributed by atoms with E-state index in [1.165, 1.54) is 13.2 Å². The molecule has 0 N–H and O–H groups in total. The molecule has 3 aliphatic rings. The molecule has 0 spiro atoms. The zero-order chi connectivity index (χ0) is 35.9. The van der Waals surface area contributed by atoms with Gasteiger partial charge < -0.3 is 9.47 Å². The summed E-state index contributed by atoms with van der Waals surface area (Å²) in [6, 6.07) is 11.2. The van der Waals surface area contributed by atoms with Crippen molar-refractivity contribution in [2.75, 3.05) is 7.11 Å². The van der Waals surface area contributed by atoms with Crippen LogP contribution in [0.1, 0.15) is 113 Å². The Hall–Kier alpha value is -4.41. The van der Waals surface area contributed by atoms with Gasteiger partial charge in [-0.3, -0.25) is 19.6 Å². The van der Waals surface area contributed by atoms with Crippen LogP contribution in [0.3, 0.4) is 0 Å². The van der Waals surface area contributed by atoms with Crippen molar-refractivity contribution in [2.24, 2.45) is 10.9 Å². The Morgan fingerprint density at radius 3 is 2.38 bits per heavy atom. The summed E-state index contributed by atoms with van der Waals surface area (Å²) in [6.45, 7) is 5.66. The third-order valence-electron chi connectivity index (χ3n) is 9.60. The van der Waals surface area contributed by atoms with E-state index in [9.17, 15) is 22.8 Å². The first kappa shape index (κ1) is 36.9. The molecule has 2 aliphatic carbocycles. The standard InChI is InChI=1S/C41H45F3N2O4/c1-39(2,3)50-37(47)23-15-28-12-16-32(17-13-28)36-22-14-29(26-46-36)8-7-10-33-21-20-31(35(27-45-33)41(42,43)44)19-18-30-9-5-6-11-34(30)40(24-25-40)38(48)49-4/h5-6,9,11,14,21-22,26-28,32H,7-8,10,12-13,15-17,23-25H2,1-4H3. The fraction of sp³-hybridized carbons (Fsp3) is 0.488. The molecule has 0 bridgehead atoms. The Kier molecular flexibility index (Phi) is 11.5. The zero-order valence-corrected chi connectivity index (χ0v) is 29.3. The molecule has 0 atom stereocenters. The zero-order valence-electron chi connectivity index (χ0n) is 29.3. The summed E-state index contributed by atoms with van der Waals surface area (Å²) in [5, 5.41) is 0. The topological polar surface area (TPSA) is 77.9 Å². The summed E-state index contributed by atoms with van der Waals surface area (Å²) >= 11 is 0. The van der Waals surface area contributed by atoms with Crippen LogP contribution in [0.15, 0.2) is 76.7 Å². The second kappa shape index (κ2) is 15.6. The average molecular weight is 687 g/mol. The van der Waals surface area contributed by atoms with Crippen molar-refractivity contribution >= 4 is 17.7 Å². The molecule has 5 rings (SSSR count). The van der Waals surface area contributed by atoms with Crippen molar-refractivity contribution in [3.05, 3.63) is 94.1 Å². The van der Waals surface area contributed by atoms with Crippen LogP contribution in [0.2, 0.25) is 0 Å². The first-order valence-electron chi connectivity index (χ1n) is 17.4. The van der Waals surface area contributed by atoms with E-state index in [1.807, 2.05) is 27.0 Å². The lowest BCUT2D eigenvalue weighted by Crippen LogP contribution is -2.24. The third kappa shape index (κ3) is 9.63. The first-order valence-corrected chi connectivity index (χ1v) is 17.4. The van der Waals surface area contributed by atoms with Gasteiger partial charge >= 0.3 is 18.1 Å². The number of benzene rings is 1. The maximum Gasteiger partial charge on any atom is 0.419 e. The van der Waals surface area contributed by atoms with Gasteiger partial charge in [-0.25, -0.2) is 0 Å². The van der Waals surface area contributed by atoms with Crippen LogP contribution < -0.4 is 0 Å². The van der Waals surface area contributed by atoms with E-state index in [2.05, 4.69) is 34.7 Å². The third-order valence-corrected chi connectivity index (χ3v) is 9.60. The number of nitrogens with zero attached hydrogens (tertiary/aromatic N) is 2. The second-order valence-electron chi connectivity index (χ2n) is 14.5. The minimum atomic E-state index is -4.67. The first-order chi connectivity index (χ1) is 23.8. The molecule has 9 heteroatoms. The number of halogens is 3. The van der Waals surface area contributed by atoms with Crippen LogP contribution in [0.25, 0.3) is 0 Å². The minimum absolute atomic E-state index is 0.129. The number of carbonyl (C=O) groups excluding carboxylic acids is 2. The molecular weight excluding hydrogens is 641 g/mol. The minimum Gasteiger partial charge on any atom is -0.468 e. The molecule has 0 amide bonds. The van der Waals surface area contributed by atoms with Crippen LogP contribution in [0.5, 0.6) is 0 Å². The molecule has 2 aromatic rings. The normalized spacial score (nSPS) is 19.9. The van der Waals surface area contributed by atoms with Crippen molar-refractivity contribution in [3.63, 3.8) is 0 Å². The molecule has 264 valence electrons. The molecule has 0 saturated heterocycles. The van der Waals surface area contributed by atoms with Crippen LogP contribution >= 0.6 is 0 Å². The van der Waals surface area contributed by atoms with Crippen molar-refractivity contribution in [1.29, 1.82) is 0 Å². The van der Waals surface area contributed by atoms with Gasteiger partial charge in [0.25, 0.3) is 0 Å². The van der Waals surface area contributed by atoms with Gasteiger partial charge in [0.1, 0.15) is 5.60 Å². The Morgan fingerprint density at radius 1 is 1.00 bits per heavy atom. The molecule has 1 aliphatic heterocycles. The van der Waals surface area contributed by atoms with E-state index in [4.69, 9.17) is 14.5 Å². The molecule has 1 aromatic heterocycles.